The molecule has 9 heteroatoms. The zero-order chi connectivity index (χ0) is 32.9. The van der Waals surface area contributed by atoms with E-state index < -0.39 is 21.8 Å². The first-order valence-electron chi connectivity index (χ1n) is 16.1. The summed E-state index contributed by atoms with van der Waals surface area (Å²) in [7, 11) is -4.15. The average Bonchev–Trinajstić information content (AvgIpc) is 3.48. The molecule has 0 bridgehead atoms. The molecule has 244 valence electrons. The lowest BCUT2D eigenvalue weighted by molar-refractivity contribution is -0.122. The van der Waals surface area contributed by atoms with Crippen molar-refractivity contribution in [3.8, 4) is 11.3 Å². The fourth-order valence-electron chi connectivity index (χ4n) is 6.58. The molecular weight excluding hydrogens is 600 g/mol. The highest BCUT2D eigenvalue weighted by molar-refractivity contribution is 7.85. The van der Waals surface area contributed by atoms with Crippen molar-refractivity contribution in [1.82, 2.24) is 5.32 Å². The molecule has 3 aromatic carbocycles. The zero-order valence-corrected chi connectivity index (χ0v) is 27.6. The Hall–Kier alpha value is -3.95. The normalized spacial score (nSPS) is 17.8. The molecule has 2 amide bonds. The Balaban J connectivity index is 1.29. The molecule has 0 spiro atoms. The molecule has 1 heterocycles. The molecular formula is C37H44N2O6S. The number of nitrogens with one attached hydrogen (secondary N) is 2. The van der Waals surface area contributed by atoms with Gasteiger partial charge in [-0.15, -0.1) is 0 Å². The van der Waals surface area contributed by atoms with Gasteiger partial charge < -0.3 is 15.1 Å². The minimum absolute atomic E-state index is 0.0123. The number of fused-ring (bicyclic) bond motifs is 1. The molecule has 1 saturated carbocycles. The van der Waals surface area contributed by atoms with E-state index in [0.29, 0.717) is 17.9 Å². The summed E-state index contributed by atoms with van der Waals surface area (Å²) in [6.07, 6.45) is 5.86. The number of hydrogen-bond donors (Lipinski definition) is 3. The zero-order valence-electron chi connectivity index (χ0n) is 26.8. The van der Waals surface area contributed by atoms with Crippen LogP contribution in [0.3, 0.4) is 0 Å². The van der Waals surface area contributed by atoms with Gasteiger partial charge in [0, 0.05) is 34.7 Å². The van der Waals surface area contributed by atoms with E-state index in [9.17, 15) is 18.0 Å². The first kappa shape index (κ1) is 33.4. The van der Waals surface area contributed by atoms with Crippen LogP contribution in [0.25, 0.3) is 22.3 Å². The third-order valence-corrected chi connectivity index (χ3v) is 10.6. The molecule has 5 rings (SSSR count). The summed E-state index contributed by atoms with van der Waals surface area (Å²) in [4.78, 5) is 26.4. The number of anilines is 1. The summed E-state index contributed by atoms with van der Waals surface area (Å²) in [5.41, 5.74) is 4.11. The second-order valence-corrected chi connectivity index (χ2v) is 14.8. The van der Waals surface area contributed by atoms with Gasteiger partial charge in [0.2, 0.25) is 5.91 Å². The van der Waals surface area contributed by atoms with Crippen LogP contribution < -0.4 is 10.6 Å². The number of rotatable bonds is 12. The number of benzene rings is 3. The summed E-state index contributed by atoms with van der Waals surface area (Å²) in [5, 5.41) is 6.73. The van der Waals surface area contributed by atoms with E-state index in [1.807, 2.05) is 66.7 Å². The van der Waals surface area contributed by atoms with Crippen molar-refractivity contribution >= 4 is 38.6 Å². The number of amides is 2. The molecule has 46 heavy (non-hydrogen) atoms. The molecule has 0 aliphatic heterocycles. The van der Waals surface area contributed by atoms with E-state index in [4.69, 9.17) is 8.97 Å². The topological polar surface area (TPSA) is 126 Å². The maximum absolute atomic E-state index is 13.9. The highest BCUT2D eigenvalue weighted by atomic mass is 32.2. The van der Waals surface area contributed by atoms with Crippen LogP contribution in [-0.4, -0.2) is 37.1 Å². The Labute approximate surface area is 271 Å². The molecule has 1 unspecified atom stereocenters. The molecule has 1 atom stereocenters. The Bertz CT molecular complexity index is 1720. The lowest BCUT2D eigenvalue weighted by Gasteiger charge is -2.40. The van der Waals surface area contributed by atoms with Gasteiger partial charge in [-0.2, -0.15) is 8.42 Å². The van der Waals surface area contributed by atoms with Crippen molar-refractivity contribution in [2.24, 2.45) is 23.2 Å². The Kier molecular flexibility index (Phi) is 10.3. The number of furan rings is 1. The lowest BCUT2D eigenvalue weighted by Crippen LogP contribution is -2.36. The number of para-hydroxylation sites is 1. The maximum atomic E-state index is 13.9. The van der Waals surface area contributed by atoms with E-state index in [1.54, 1.807) is 12.1 Å². The third-order valence-electron chi connectivity index (χ3n) is 9.87. The van der Waals surface area contributed by atoms with Gasteiger partial charge in [0.15, 0.2) is 0 Å². The predicted octanol–water partition coefficient (Wildman–Crippen LogP) is 7.76. The Morgan fingerprint density at radius 2 is 1.63 bits per heavy atom. The van der Waals surface area contributed by atoms with Gasteiger partial charge in [0.25, 0.3) is 16.0 Å². The minimum atomic E-state index is -4.15. The standard InChI is InChI=1S/C37H44N2O6S/c1-4-37(2,3)30-17-13-26(14-18-30)32(23-25-9-11-28(12-10-25)35(40)38-21-22-46(42,43)44)36(41)39-31-19-15-27(16-20-31)34-24-29-7-5-6-8-33(29)45-34/h5-12,15-16,19-20,24,26,30,32H,4,13-14,17-18,21-23H2,1-3H3,(H,38,40)(H,39,41)(H,42,43,44)/t26-,30-,32?. The minimum Gasteiger partial charge on any atom is -0.456 e. The Morgan fingerprint density at radius 3 is 2.26 bits per heavy atom. The molecule has 1 aromatic heterocycles. The molecule has 8 nitrogen and oxygen atoms in total. The largest absolute Gasteiger partial charge is 0.456 e. The van der Waals surface area contributed by atoms with Gasteiger partial charge in [-0.3, -0.25) is 14.1 Å². The summed E-state index contributed by atoms with van der Waals surface area (Å²) >= 11 is 0. The monoisotopic (exact) mass is 644 g/mol. The van der Waals surface area contributed by atoms with Gasteiger partial charge in [-0.1, -0.05) is 57.5 Å². The second kappa shape index (κ2) is 14.2. The van der Waals surface area contributed by atoms with Crippen molar-refractivity contribution in [3.63, 3.8) is 0 Å². The number of hydrogen-bond acceptors (Lipinski definition) is 5. The van der Waals surface area contributed by atoms with Crippen LogP contribution in [0.5, 0.6) is 0 Å². The van der Waals surface area contributed by atoms with Crippen molar-refractivity contribution in [1.29, 1.82) is 0 Å². The van der Waals surface area contributed by atoms with Crippen LogP contribution in [0.1, 0.15) is 68.8 Å². The van der Waals surface area contributed by atoms with Gasteiger partial charge in [0.05, 0.1) is 5.75 Å². The molecule has 1 fully saturated rings. The third kappa shape index (κ3) is 8.44. The molecule has 1 aliphatic carbocycles. The van der Waals surface area contributed by atoms with E-state index >= 15 is 0 Å². The van der Waals surface area contributed by atoms with Crippen LogP contribution >= 0.6 is 0 Å². The Morgan fingerprint density at radius 1 is 0.957 bits per heavy atom. The number of carbonyl (C=O) groups excluding carboxylic acids is 2. The highest BCUT2D eigenvalue weighted by Crippen LogP contribution is 2.44. The SMILES string of the molecule is CCC(C)(C)[C@H]1CC[C@H](C(Cc2ccc(C(=O)NCCS(=O)(=O)O)cc2)C(=O)Nc2ccc(-c3cc4ccccc4o3)cc2)CC1. The van der Waals surface area contributed by atoms with Crippen molar-refractivity contribution in [3.05, 3.63) is 90.0 Å². The van der Waals surface area contributed by atoms with Crippen LogP contribution in [0.2, 0.25) is 0 Å². The van der Waals surface area contributed by atoms with E-state index in [-0.39, 0.29) is 29.7 Å². The first-order valence-corrected chi connectivity index (χ1v) is 17.7. The van der Waals surface area contributed by atoms with Gasteiger partial charge in [-0.25, -0.2) is 0 Å². The van der Waals surface area contributed by atoms with Crippen LogP contribution in [0.4, 0.5) is 5.69 Å². The fourth-order valence-corrected chi connectivity index (χ4v) is 6.94. The average molecular weight is 645 g/mol. The van der Waals surface area contributed by atoms with Crippen LogP contribution in [-0.2, 0) is 21.3 Å². The fraction of sp³-hybridized carbons (Fsp3) is 0.405. The van der Waals surface area contributed by atoms with Crippen LogP contribution in [0, 0.1) is 23.2 Å². The smallest absolute Gasteiger partial charge is 0.266 e. The summed E-state index contributed by atoms with van der Waals surface area (Å²) in [5.74, 6) is 0.432. The van der Waals surface area contributed by atoms with Crippen LogP contribution in [0.15, 0.2) is 83.3 Å². The van der Waals surface area contributed by atoms with E-state index in [0.717, 1.165) is 65.6 Å². The summed E-state index contributed by atoms with van der Waals surface area (Å²) < 4.78 is 36.8. The number of carbonyl (C=O) groups is 2. The van der Waals surface area contributed by atoms with E-state index in [1.165, 1.54) is 0 Å². The highest BCUT2D eigenvalue weighted by Gasteiger charge is 2.36. The first-order chi connectivity index (χ1) is 21.9. The summed E-state index contributed by atoms with van der Waals surface area (Å²) in [6, 6.07) is 24.7. The van der Waals surface area contributed by atoms with Crippen molar-refractivity contribution in [2.45, 2.75) is 59.3 Å². The van der Waals surface area contributed by atoms with Gasteiger partial charge >= 0.3 is 0 Å². The molecule has 3 N–H and O–H groups in total. The lowest BCUT2D eigenvalue weighted by atomic mass is 9.65. The van der Waals surface area contributed by atoms with Gasteiger partial charge in [0.1, 0.15) is 11.3 Å². The molecule has 0 saturated heterocycles. The van der Waals surface area contributed by atoms with Crippen molar-refractivity contribution in [2.75, 3.05) is 17.6 Å². The predicted molar refractivity (Wildman–Crippen MR) is 182 cm³/mol. The molecule has 4 aromatic rings. The van der Waals surface area contributed by atoms with E-state index in [2.05, 4.69) is 31.4 Å². The van der Waals surface area contributed by atoms with Gasteiger partial charge in [-0.05, 0) is 103 Å². The maximum Gasteiger partial charge on any atom is 0.266 e. The molecule has 1 aliphatic rings. The van der Waals surface area contributed by atoms with Crippen molar-refractivity contribution < 1.29 is 27.0 Å². The molecule has 0 radical (unpaired) electrons. The quantitative estimate of drug-likeness (QED) is 0.135. The second-order valence-electron chi connectivity index (χ2n) is 13.2. The summed E-state index contributed by atoms with van der Waals surface area (Å²) in [6.45, 7) is 6.76.